The molecule has 0 aliphatic heterocycles. The van der Waals surface area contributed by atoms with Gasteiger partial charge in [-0.25, -0.2) is 14.3 Å². The van der Waals surface area contributed by atoms with E-state index in [1.165, 1.54) is 23.7 Å². The fraction of sp³-hybridized carbons (Fsp3) is 0.160. The van der Waals surface area contributed by atoms with E-state index < -0.39 is 18.0 Å². The molecule has 0 saturated carbocycles. The minimum absolute atomic E-state index is 0.205. The van der Waals surface area contributed by atoms with Gasteiger partial charge in [-0.05, 0) is 42.8 Å². The Kier molecular flexibility index (Phi) is 7.42. The van der Waals surface area contributed by atoms with Crippen molar-refractivity contribution in [1.82, 2.24) is 9.78 Å². The van der Waals surface area contributed by atoms with Crippen molar-refractivity contribution in [3.05, 3.63) is 98.8 Å². The maximum absolute atomic E-state index is 12.8. The van der Waals surface area contributed by atoms with E-state index in [0.717, 1.165) is 5.56 Å². The van der Waals surface area contributed by atoms with Crippen molar-refractivity contribution in [1.29, 1.82) is 0 Å². The van der Waals surface area contributed by atoms with Crippen molar-refractivity contribution in [2.45, 2.75) is 13.0 Å². The van der Waals surface area contributed by atoms with E-state index in [1.54, 1.807) is 18.2 Å². The Hall–Kier alpha value is -4.17. The third kappa shape index (κ3) is 5.96. The van der Waals surface area contributed by atoms with Crippen LogP contribution in [0.4, 0.5) is 0 Å². The summed E-state index contributed by atoms with van der Waals surface area (Å²) in [5.41, 5.74) is 1.56. The van der Waals surface area contributed by atoms with Crippen molar-refractivity contribution in [3.63, 3.8) is 0 Å². The first kappa shape index (κ1) is 23.5. The number of nitrogens with one attached hydrogen (secondary N) is 1. The number of H-pyrrole nitrogens is 1. The standard InChI is InChI=1S/C25H24N2O6/c1-16(2)24(30)32-14-21(28)15-33-25(31)19-9-11-20(12-10-19)27-23(29)22(17(3)26-27)13-18-7-5-4-6-8-18/h4-13,21,26,28H,1,3,14-15H2,2H3/b22-13-. The first-order valence-corrected chi connectivity index (χ1v) is 10.1. The third-order valence-electron chi connectivity index (χ3n) is 4.64. The molecule has 0 saturated heterocycles. The number of esters is 2. The molecule has 0 fully saturated rings. The second-order valence-corrected chi connectivity index (χ2v) is 7.38. The summed E-state index contributed by atoms with van der Waals surface area (Å²) in [6.07, 6.45) is 0.589. The minimum atomic E-state index is -1.16. The van der Waals surface area contributed by atoms with Gasteiger partial charge in [-0.1, -0.05) is 43.5 Å². The number of aromatic amines is 1. The summed E-state index contributed by atoms with van der Waals surface area (Å²) in [5, 5.41) is 13.6. The summed E-state index contributed by atoms with van der Waals surface area (Å²) in [7, 11) is 0. The monoisotopic (exact) mass is 448 g/mol. The SMILES string of the molecule is C=C(C)C(=O)OCC(O)COC(=O)c1ccc(-n2[nH]c(=C)/c(=C/c3ccccc3)c2=O)cc1. The highest BCUT2D eigenvalue weighted by Gasteiger charge is 2.14. The van der Waals surface area contributed by atoms with Crippen LogP contribution in [0.2, 0.25) is 0 Å². The zero-order chi connectivity index (χ0) is 24.0. The lowest BCUT2D eigenvalue weighted by Gasteiger charge is -2.12. The van der Waals surface area contributed by atoms with Gasteiger partial charge < -0.3 is 14.6 Å². The molecule has 1 aromatic heterocycles. The summed E-state index contributed by atoms with van der Waals surface area (Å²) in [6.45, 7) is 8.17. The van der Waals surface area contributed by atoms with Crippen LogP contribution < -0.4 is 16.1 Å². The van der Waals surface area contributed by atoms with Gasteiger partial charge in [0.15, 0.2) is 0 Å². The van der Waals surface area contributed by atoms with Crippen LogP contribution in [-0.2, 0) is 14.3 Å². The van der Waals surface area contributed by atoms with Gasteiger partial charge in [-0.15, -0.1) is 0 Å². The summed E-state index contributed by atoms with van der Waals surface area (Å²) in [4.78, 5) is 36.4. The van der Waals surface area contributed by atoms with Gasteiger partial charge in [-0.2, -0.15) is 0 Å². The molecular formula is C25H24N2O6. The van der Waals surface area contributed by atoms with Crippen molar-refractivity contribution in [3.8, 4) is 5.69 Å². The Bertz CT molecular complexity index is 1320. The van der Waals surface area contributed by atoms with Crippen LogP contribution in [0.25, 0.3) is 18.3 Å². The van der Waals surface area contributed by atoms with Crippen LogP contribution in [0.3, 0.4) is 0 Å². The average molecular weight is 448 g/mol. The van der Waals surface area contributed by atoms with Gasteiger partial charge in [0, 0.05) is 5.57 Å². The Morgan fingerprint density at radius 3 is 2.36 bits per heavy atom. The fourth-order valence-corrected chi connectivity index (χ4v) is 2.89. The highest BCUT2D eigenvalue weighted by molar-refractivity contribution is 5.89. The molecule has 0 bridgehead atoms. The number of hydrogen-bond acceptors (Lipinski definition) is 6. The second kappa shape index (κ2) is 10.4. The number of nitrogens with zero attached hydrogens (tertiary/aromatic N) is 1. The van der Waals surface area contributed by atoms with Gasteiger partial charge in [0.05, 0.1) is 21.8 Å². The number of carbonyl (C=O) groups is 2. The van der Waals surface area contributed by atoms with Gasteiger partial charge in [-0.3, -0.25) is 9.89 Å². The molecule has 0 aliphatic carbocycles. The van der Waals surface area contributed by atoms with E-state index in [1.807, 2.05) is 30.3 Å². The molecule has 0 spiro atoms. The highest BCUT2D eigenvalue weighted by atomic mass is 16.6. The topological polar surface area (TPSA) is 111 Å². The summed E-state index contributed by atoms with van der Waals surface area (Å²) in [6, 6.07) is 15.6. The summed E-state index contributed by atoms with van der Waals surface area (Å²) in [5.74, 6) is -1.30. The van der Waals surface area contributed by atoms with Crippen LogP contribution in [-0.4, -0.2) is 46.1 Å². The van der Waals surface area contributed by atoms with Crippen molar-refractivity contribution < 1.29 is 24.2 Å². The summed E-state index contributed by atoms with van der Waals surface area (Å²) >= 11 is 0. The molecule has 3 aromatic rings. The van der Waals surface area contributed by atoms with Crippen LogP contribution >= 0.6 is 0 Å². The molecular weight excluding hydrogens is 424 g/mol. The lowest BCUT2D eigenvalue weighted by Crippen LogP contribution is -2.33. The Morgan fingerprint density at radius 2 is 1.73 bits per heavy atom. The molecule has 8 heteroatoms. The Morgan fingerprint density at radius 1 is 1.09 bits per heavy atom. The zero-order valence-electron chi connectivity index (χ0n) is 18.1. The van der Waals surface area contributed by atoms with Crippen molar-refractivity contribution >= 4 is 24.6 Å². The van der Waals surface area contributed by atoms with Crippen LogP contribution in [0.1, 0.15) is 22.8 Å². The number of hydrogen-bond donors (Lipinski definition) is 2. The number of rotatable bonds is 8. The molecule has 8 nitrogen and oxygen atoms in total. The normalized spacial score (nSPS) is 12.2. The molecule has 1 atom stereocenters. The smallest absolute Gasteiger partial charge is 0.338 e. The quantitative estimate of drug-likeness (QED) is 0.394. The number of aliphatic hydroxyl groups excluding tert-OH is 1. The molecule has 33 heavy (non-hydrogen) atoms. The van der Waals surface area contributed by atoms with E-state index >= 15 is 0 Å². The Labute approximate surface area is 189 Å². The van der Waals surface area contributed by atoms with Crippen LogP contribution in [0, 0.1) is 0 Å². The number of ether oxygens (including phenoxy) is 2. The maximum Gasteiger partial charge on any atom is 0.338 e. The lowest BCUT2D eigenvalue weighted by atomic mass is 10.2. The predicted molar refractivity (Wildman–Crippen MR) is 123 cm³/mol. The number of aromatic nitrogens is 2. The molecule has 3 rings (SSSR count). The van der Waals surface area contributed by atoms with E-state index in [-0.39, 0.29) is 29.9 Å². The highest BCUT2D eigenvalue weighted by Crippen LogP contribution is 2.08. The van der Waals surface area contributed by atoms with Crippen molar-refractivity contribution in [2.24, 2.45) is 0 Å². The maximum atomic E-state index is 12.8. The molecule has 0 aliphatic rings. The fourth-order valence-electron chi connectivity index (χ4n) is 2.89. The lowest BCUT2D eigenvalue weighted by molar-refractivity contribution is -0.142. The van der Waals surface area contributed by atoms with E-state index in [4.69, 9.17) is 9.47 Å². The van der Waals surface area contributed by atoms with Crippen LogP contribution in [0.15, 0.2) is 71.5 Å². The molecule has 2 aromatic carbocycles. The molecule has 1 unspecified atom stereocenters. The van der Waals surface area contributed by atoms with Gasteiger partial charge >= 0.3 is 11.9 Å². The molecule has 170 valence electrons. The molecule has 0 amide bonds. The predicted octanol–water partition coefficient (Wildman–Crippen LogP) is 1.04. The second-order valence-electron chi connectivity index (χ2n) is 7.38. The minimum Gasteiger partial charge on any atom is -0.459 e. The van der Waals surface area contributed by atoms with E-state index in [9.17, 15) is 19.5 Å². The third-order valence-corrected chi connectivity index (χ3v) is 4.64. The number of benzene rings is 2. The summed E-state index contributed by atoms with van der Waals surface area (Å²) < 4.78 is 11.2. The molecule has 0 radical (unpaired) electrons. The number of carbonyl (C=O) groups excluding carboxylic acids is 2. The number of aliphatic hydroxyl groups is 1. The first-order valence-electron chi connectivity index (χ1n) is 10.1. The Balaban J connectivity index is 1.68. The van der Waals surface area contributed by atoms with Gasteiger partial charge in [0.2, 0.25) is 0 Å². The van der Waals surface area contributed by atoms with Crippen LogP contribution in [0.5, 0.6) is 0 Å². The zero-order valence-corrected chi connectivity index (χ0v) is 18.1. The molecule has 2 N–H and O–H groups in total. The van der Waals surface area contributed by atoms with E-state index in [2.05, 4.69) is 18.3 Å². The average Bonchev–Trinajstić information content (AvgIpc) is 3.10. The largest absolute Gasteiger partial charge is 0.459 e. The van der Waals surface area contributed by atoms with Gasteiger partial charge in [0.25, 0.3) is 5.56 Å². The first-order chi connectivity index (χ1) is 15.8. The van der Waals surface area contributed by atoms with E-state index in [0.29, 0.717) is 16.3 Å². The van der Waals surface area contributed by atoms with Gasteiger partial charge in [0.1, 0.15) is 19.3 Å². The van der Waals surface area contributed by atoms with Crippen molar-refractivity contribution in [2.75, 3.05) is 13.2 Å². The molecule has 1 heterocycles.